The van der Waals surface area contributed by atoms with Crippen molar-refractivity contribution >= 4 is 36.4 Å². The summed E-state index contributed by atoms with van der Waals surface area (Å²) in [5, 5.41) is 5.27. The van der Waals surface area contributed by atoms with Gasteiger partial charge in [-0.1, -0.05) is 12.1 Å². The van der Waals surface area contributed by atoms with Gasteiger partial charge in [-0.3, -0.25) is 10.1 Å². The van der Waals surface area contributed by atoms with Gasteiger partial charge in [0.25, 0.3) is 5.92 Å². The number of hydrogen-bond acceptors (Lipinski definition) is 4. The molecule has 2 heterocycles. The Morgan fingerprint density at radius 2 is 2.00 bits per heavy atom. The van der Waals surface area contributed by atoms with Crippen LogP contribution in [0.3, 0.4) is 0 Å². The number of carbonyl (C=O) groups is 1. The summed E-state index contributed by atoms with van der Waals surface area (Å²) in [6, 6.07) is 5.30. The Morgan fingerprint density at radius 1 is 1.30 bits per heavy atom. The third-order valence-electron chi connectivity index (χ3n) is 4.38. The second-order valence-corrected chi connectivity index (χ2v) is 6.28. The van der Waals surface area contributed by atoms with E-state index in [9.17, 15) is 22.4 Å². The maximum Gasteiger partial charge on any atom is 0.387 e. The Balaban J connectivity index is 0.00000182. The van der Waals surface area contributed by atoms with Crippen molar-refractivity contribution in [1.29, 1.82) is 0 Å². The van der Waals surface area contributed by atoms with Crippen LogP contribution in [0, 0.1) is 0 Å². The molecule has 0 bridgehead atoms. The number of amides is 1. The van der Waals surface area contributed by atoms with E-state index in [0.717, 1.165) is 0 Å². The molecule has 2 atom stereocenters. The van der Waals surface area contributed by atoms with Crippen LogP contribution in [0.2, 0.25) is 0 Å². The number of halogens is 6. The Hall–Kier alpha value is -1.45. The average Bonchev–Trinajstić information content (AvgIpc) is 3.13. The summed E-state index contributed by atoms with van der Waals surface area (Å²) in [5.41, 5.74) is 0.519. The summed E-state index contributed by atoms with van der Waals surface area (Å²) in [5.74, 6) is -3.25. The SMILES string of the molecule is Cl.Cl.O=C(NC1CCN(c2ccccc2OC(F)F)C1)C1CC(F)(F)CN1. The first-order valence-electron chi connectivity index (χ1n) is 8.04. The van der Waals surface area contributed by atoms with E-state index >= 15 is 0 Å². The molecule has 11 heteroatoms. The van der Waals surface area contributed by atoms with Gasteiger partial charge in [-0.05, 0) is 18.6 Å². The lowest BCUT2D eigenvalue weighted by molar-refractivity contribution is -0.124. The number of para-hydroxylation sites is 2. The zero-order valence-electron chi connectivity index (χ0n) is 14.2. The fourth-order valence-corrected chi connectivity index (χ4v) is 3.21. The third-order valence-corrected chi connectivity index (χ3v) is 4.38. The summed E-state index contributed by atoms with van der Waals surface area (Å²) in [7, 11) is 0. The lowest BCUT2D eigenvalue weighted by Crippen LogP contribution is -2.46. The van der Waals surface area contributed by atoms with Crippen molar-refractivity contribution < 1.29 is 27.1 Å². The molecule has 1 aromatic carbocycles. The maximum absolute atomic E-state index is 13.2. The Kier molecular flexibility index (Phi) is 8.44. The number of carbonyl (C=O) groups excluding carboxylic acids is 1. The van der Waals surface area contributed by atoms with Crippen LogP contribution in [0.15, 0.2) is 24.3 Å². The zero-order valence-corrected chi connectivity index (χ0v) is 15.8. The molecule has 154 valence electrons. The molecular weight excluding hydrogens is 413 g/mol. The number of alkyl halides is 4. The van der Waals surface area contributed by atoms with Crippen molar-refractivity contribution in [3.8, 4) is 5.75 Å². The first kappa shape index (κ1) is 23.6. The molecule has 2 fully saturated rings. The van der Waals surface area contributed by atoms with Gasteiger partial charge in [0.2, 0.25) is 5.91 Å². The minimum Gasteiger partial charge on any atom is -0.433 e. The fraction of sp³-hybridized carbons (Fsp3) is 0.562. The number of nitrogens with one attached hydrogen (secondary N) is 2. The number of nitrogens with zero attached hydrogens (tertiary/aromatic N) is 1. The van der Waals surface area contributed by atoms with Crippen LogP contribution < -0.4 is 20.3 Å². The highest BCUT2D eigenvalue weighted by atomic mass is 35.5. The van der Waals surface area contributed by atoms with E-state index in [2.05, 4.69) is 15.4 Å². The number of benzene rings is 1. The van der Waals surface area contributed by atoms with E-state index in [4.69, 9.17) is 0 Å². The molecule has 3 rings (SSSR count). The van der Waals surface area contributed by atoms with E-state index in [1.165, 1.54) is 6.07 Å². The number of anilines is 1. The highest BCUT2D eigenvalue weighted by Gasteiger charge is 2.42. The van der Waals surface area contributed by atoms with Gasteiger partial charge in [-0.2, -0.15) is 8.78 Å². The lowest BCUT2D eigenvalue weighted by Gasteiger charge is -2.22. The van der Waals surface area contributed by atoms with Gasteiger partial charge in [0.05, 0.1) is 18.3 Å². The van der Waals surface area contributed by atoms with Crippen LogP contribution in [0.25, 0.3) is 0 Å². The molecule has 2 aliphatic rings. The molecule has 2 unspecified atom stereocenters. The maximum atomic E-state index is 13.2. The first-order chi connectivity index (χ1) is 11.8. The Morgan fingerprint density at radius 3 is 2.63 bits per heavy atom. The normalized spacial score (nSPS) is 23.5. The van der Waals surface area contributed by atoms with E-state index in [0.29, 0.717) is 25.2 Å². The summed E-state index contributed by atoms with van der Waals surface area (Å²) < 4.78 is 55.9. The largest absolute Gasteiger partial charge is 0.433 e. The molecule has 27 heavy (non-hydrogen) atoms. The van der Waals surface area contributed by atoms with Crippen molar-refractivity contribution in [2.24, 2.45) is 0 Å². The van der Waals surface area contributed by atoms with E-state index < -0.39 is 37.4 Å². The van der Waals surface area contributed by atoms with Crippen LogP contribution in [0.5, 0.6) is 5.75 Å². The van der Waals surface area contributed by atoms with Crippen LogP contribution in [-0.4, -0.2) is 50.2 Å². The number of ether oxygens (including phenoxy) is 1. The standard InChI is InChI=1S/C16H19F4N3O2.2ClH/c17-15(18)25-13-4-2-1-3-12(13)23-6-5-10(8-23)22-14(24)11-7-16(19,20)9-21-11;;/h1-4,10-11,15,21H,5-9H2,(H,22,24);2*1H. The van der Waals surface area contributed by atoms with Crippen molar-refractivity contribution in [3.63, 3.8) is 0 Å². The molecule has 2 aliphatic heterocycles. The molecule has 0 saturated carbocycles. The smallest absolute Gasteiger partial charge is 0.387 e. The van der Waals surface area contributed by atoms with Crippen LogP contribution >= 0.6 is 24.8 Å². The lowest BCUT2D eigenvalue weighted by atomic mass is 10.1. The molecule has 5 nitrogen and oxygen atoms in total. The average molecular weight is 434 g/mol. The third kappa shape index (κ3) is 6.02. The monoisotopic (exact) mass is 433 g/mol. The second-order valence-electron chi connectivity index (χ2n) is 6.28. The molecule has 0 spiro atoms. The van der Waals surface area contributed by atoms with E-state index in [-0.39, 0.29) is 36.6 Å². The van der Waals surface area contributed by atoms with E-state index in [1.807, 2.05) is 4.90 Å². The molecular formula is C16H21Cl2F4N3O2. The molecule has 0 aliphatic carbocycles. The topological polar surface area (TPSA) is 53.6 Å². The van der Waals surface area contributed by atoms with Crippen molar-refractivity contribution in [2.75, 3.05) is 24.5 Å². The van der Waals surface area contributed by atoms with Crippen LogP contribution in [0.4, 0.5) is 23.2 Å². The Bertz CT molecular complexity index is 639. The van der Waals surface area contributed by atoms with Gasteiger partial charge in [-0.15, -0.1) is 24.8 Å². The van der Waals surface area contributed by atoms with Gasteiger partial charge in [0.1, 0.15) is 5.75 Å². The summed E-state index contributed by atoms with van der Waals surface area (Å²) in [4.78, 5) is 13.9. The van der Waals surface area contributed by atoms with Gasteiger partial charge >= 0.3 is 6.61 Å². The molecule has 0 aromatic heterocycles. The molecule has 2 saturated heterocycles. The van der Waals surface area contributed by atoms with Gasteiger partial charge < -0.3 is 15.0 Å². The summed E-state index contributed by atoms with van der Waals surface area (Å²) >= 11 is 0. The van der Waals surface area contributed by atoms with Gasteiger partial charge in [-0.25, -0.2) is 8.78 Å². The van der Waals surface area contributed by atoms with Gasteiger partial charge in [0.15, 0.2) is 0 Å². The highest BCUT2D eigenvalue weighted by molar-refractivity contribution is 5.85. The predicted molar refractivity (Wildman–Crippen MR) is 97.7 cm³/mol. The van der Waals surface area contributed by atoms with Crippen molar-refractivity contribution in [3.05, 3.63) is 24.3 Å². The zero-order chi connectivity index (χ0) is 18.0. The van der Waals surface area contributed by atoms with E-state index in [1.54, 1.807) is 18.2 Å². The molecule has 1 aromatic rings. The Labute approximate surface area is 166 Å². The predicted octanol–water partition coefficient (Wildman–Crippen LogP) is 2.82. The van der Waals surface area contributed by atoms with Gasteiger partial charge in [0, 0.05) is 25.6 Å². The van der Waals surface area contributed by atoms with Crippen molar-refractivity contribution in [2.45, 2.75) is 37.5 Å². The molecule has 1 amide bonds. The fourth-order valence-electron chi connectivity index (χ4n) is 3.21. The van der Waals surface area contributed by atoms with Crippen LogP contribution in [0.1, 0.15) is 12.8 Å². The quantitative estimate of drug-likeness (QED) is 0.701. The molecule has 0 radical (unpaired) electrons. The minimum atomic E-state index is -2.92. The summed E-state index contributed by atoms with van der Waals surface area (Å²) in [6.45, 7) is -2.48. The first-order valence-corrected chi connectivity index (χ1v) is 8.04. The highest BCUT2D eigenvalue weighted by Crippen LogP contribution is 2.32. The molecule has 2 N–H and O–H groups in total. The number of rotatable bonds is 5. The summed E-state index contributed by atoms with van der Waals surface area (Å²) in [6.07, 6.45) is 0.0815. The van der Waals surface area contributed by atoms with Crippen LogP contribution in [-0.2, 0) is 4.79 Å². The number of hydrogen-bond donors (Lipinski definition) is 2. The van der Waals surface area contributed by atoms with Crippen molar-refractivity contribution in [1.82, 2.24) is 10.6 Å². The minimum absolute atomic E-state index is 0. The second kappa shape index (κ2) is 9.66.